The van der Waals surface area contributed by atoms with Crippen LogP contribution in [0.4, 0.5) is 0 Å². The first-order valence-corrected chi connectivity index (χ1v) is 6.89. The Morgan fingerprint density at radius 2 is 2.05 bits per heavy atom. The molecular formula is C16H17NO3. The molecule has 0 saturated carbocycles. The van der Waals surface area contributed by atoms with Crippen LogP contribution in [0, 0.1) is 0 Å². The molecule has 0 radical (unpaired) electrons. The quantitative estimate of drug-likeness (QED) is 0.805. The van der Waals surface area contributed by atoms with Crippen molar-refractivity contribution >= 4 is 16.9 Å². The minimum atomic E-state index is -0.364. The smallest absolute Gasteiger partial charge is 0.337 e. The summed E-state index contributed by atoms with van der Waals surface area (Å²) in [5.41, 5.74) is 3.03. The number of carbonyl (C=O) groups excluding carboxylic acids is 1. The van der Waals surface area contributed by atoms with E-state index in [2.05, 4.69) is 0 Å². The third-order valence-corrected chi connectivity index (χ3v) is 3.59. The largest absolute Gasteiger partial charge is 0.424 e. The Labute approximate surface area is 117 Å². The Hall–Kier alpha value is -1.94. The Bertz CT molecular complexity index is 651. The molecule has 3 rings (SSSR count). The van der Waals surface area contributed by atoms with Gasteiger partial charge >= 0.3 is 5.97 Å². The summed E-state index contributed by atoms with van der Waals surface area (Å²) in [6.45, 7) is -0.0363. The molecule has 4 nitrogen and oxygen atoms in total. The number of benzene rings is 1. The fraction of sp³-hybridized carbons (Fsp3) is 0.375. The zero-order valence-electron chi connectivity index (χ0n) is 11.5. The van der Waals surface area contributed by atoms with Crippen molar-refractivity contribution in [3.63, 3.8) is 0 Å². The van der Waals surface area contributed by atoms with Gasteiger partial charge in [0.25, 0.3) is 0 Å². The number of rotatable bonds is 3. The van der Waals surface area contributed by atoms with E-state index in [0.29, 0.717) is 5.75 Å². The van der Waals surface area contributed by atoms with Crippen molar-refractivity contribution in [3.8, 4) is 5.75 Å². The van der Waals surface area contributed by atoms with Crippen LogP contribution in [-0.4, -0.2) is 24.7 Å². The predicted octanol–water partition coefficient (Wildman–Crippen LogP) is 2.67. The minimum absolute atomic E-state index is 0.0363. The molecule has 1 aromatic heterocycles. The van der Waals surface area contributed by atoms with Gasteiger partial charge in [0.1, 0.15) is 12.4 Å². The van der Waals surface area contributed by atoms with Crippen LogP contribution in [0.15, 0.2) is 24.3 Å². The van der Waals surface area contributed by atoms with E-state index in [0.717, 1.165) is 47.8 Å². The van der Waals surface area contributed by atoms with E-state index in [4.69, 9.17) is 14.5 Å². The Kier molecular flexibility index (Phi) is 3.65. The van der Waals surface area contributed by atoms with Crippen LogP contribution in [0.5, 0.6) is 5.75 Å². The van der Waals surface area contributed by atoms with Gasteiger partial charge in [-0.15, -0.1) is 0 Å². The molecular weight excluding hydrogens is 254 g/mol. The highest BCUT2D eigenvalue weighted by atomic mass is 16.6. The molecule has 1 aromatic carbocycles. The minimum Gasteiger partial charge on any atom is -0.424 e. The summed E-state index contributed by atoms with van der Waals surface area (Å²) < 4.78 is 10.4. The van der Waals surface area contributed by atoms with Crippen LogP contribution in [0.2, 0.25) is 0 Å². The van der Waals surface area contributed by atoms with Gasteiger partial charge in [-0.05, 0) is 37.8 Å². The number of carbonyl (C=O) groups is 1. The van der Waals surface area contributed by atoms with Crippen LogP contribution in [0.1, 0.15) is 24.1 Å². The van der Waals surface area contributed by atoms with Gasteiger partial charge in [0.05, 0.1) is 5.52 Å². The molecule has 1 heterocycles. The molecule has 0 unspecified atom stereocenters. The Morgan fingerprint density at radius 3 is 2.90 bits per heavy atom. The first-order chi connectivity index (χ1) is 9.79. The lowest BCUT2D eigenvalue weighted by atomic mass is 9.93. The van der Waals surface area contributed by atoms with Gasteiger partial charge < -0.3 is 9.47 Å². The van der Waals surface area contributed by atoms with Gasteiger partial charge in [-0.2, -0.15) is 0 Å². The predicted molar refractivity (Wildman–Crippen MR) is 75.9 cm³/mol. The van der Waals surface area contributed by atoms with Gasteiger partial charge in [0, 0.05) is 23.8 Å². The molecule has 1 aliphatic rings. The number of hydrogen-bond acceptors (Lipinski definition) is 4. The Balaban J connectivity index is 2.13. The molecule has 0 saturated heterocycles. The third kappa shape index (κ3) is 2.39. The fourth-order valence-corrected chi connectivity index (χ4v) is 2.71. The van der Waals surface area contributed by atoms with E-state index >= 15 is 0 Å². The summed E-state index contributed by atoms with van der Waals surface area (Å²) >= 11 is 0. The molecule has 2 aromatic rings. The lowest BCUT2D eigenvalue weighted by Gasteiger charge is -2.20. The number of methoxy groups -OCH3 is 1. The van der Waals surface area contributed by atoms with Crippen molar-refractivity contribution in [2.45, 2.75) is 25.7 Å². The standard InChI is InChI=1S/C16H17NO3/c1-19-10-15(18)20-16-11-6-2-4-8-13(11)17-14-9-5-3-7-12(14)16/h2,4,6,8H,3,5,7,9-10H2,1H3. The van der Waals surface area contributed by atoms with Crippen LogP contribution in [0.3, 0.4) is 0 Å². The number of pyridine rings is 1. The second-order valence-corrected chi connectivity index (χ2v) is 5.00. The maximum atomic E-state index is 11.8. The van der Waals surface area contributed by atoms with E-state index < -0.39 is 0 Å². The molecule has 0 bridgehead atoms. The fourth-order valence-electron chi connectivity index (χ4n) is 2.71. The number of para-hydroxylation sites is 1. The second-order valence-electron chi connectivity index (χ2n) is 5.00. The second kappa shape index (κ2) is 5.59. The maximum Gasteiger partial charge on any atom is 0.337 e. The highest BCUT2D eigenvalue weighted by Crippen LogP contribution is 2.35. The highest BCUT2D eigenvalue weighted by Gasteiger charge is 2.20. The van der Waals surface area contributed by atoms with Crippen LogP contribution < -0.4 is 4.74 Å². The zero-order valence-corrected chi connectivity index (χ0v) is 11.5. The molecule has 4 heteroatoms. The van der Waals surface area contributed by atoms with E-state index in [1.165, 1.54) is 7.11 Å². The molecule has 104 valence electrons. The van der Waals surface area contributed by atoms with Crippen molar-refractivity contribution < 1.29 is 14.3 Å². The van der Waals surface area contributed by atoms with Gasteiger partial charge in [0.2, 0.25) is 0 Å². The maximum absolute atomic E-state index is 11.8. The van der Waals surface area contributed by atoms with Crippen molar-refractivity contribution in [3.05, 3.63) is 35.5 Å². The number of nitrogens with zero attached hydrogens (tertiary/aromatic N) is 1. The van der Waals surface area contributed by atoms with E-state index in [1.807, 2.05) is 24.3 Å². The van der Waals surface area contributed by atoms with Gasteiger partial charge in [-0.3, -0.25) is 4.98 Å². The first kappa shape index (κ1) is 13.1. The Morgan fingerprint density at radius 1 is 1.25 bits per heavy atom. The average molecular weight is 271 g/mol. The summed E-state index contributed by atoms with van der Waals surface area (Å²) in [5.74, 6) is 0.309. The zero-order chi connectivity index (χ0) is 13.9. The van der Waals surface area contributed by atoms with Crippen LogP contribution in [-0.2, 0) is 22.4 Å². The molecule has 0 N–H and O–H groups in total. The van der Waals surface area contributed by atoms with Gasteiger partial charge in [0.15, 0.2) is 0 Å². The van der Waals surface area contributed by atoms with Gasteiger partial charge in [-0.1, -0.05) is 12.1 Å². The summed E-state index contributed by atoms with van der Waals surface area (Å²) in [6, 6.07) is 7.79. The highest BCUT2D eigenvalue weighted by molar-refractivity contribution is 5.89. The number of aryl methyl sites for hydroxylation is 1. The average Bonchev–Trinajstić information content (AvgIpc) is 2.47. The number of aromatic nitrogens is 1. The first-order valence-electron chi connectivity index (χ1n) is 6.89. The molecule has 0 aliphatic heterocycles. The lowest BCUT2D eigenvalue weighted by molar-refractivity contribution is -0.138. The molecule has 1 aliphatic carbocycles. The van der Waals surface area contributed by atoms with E-state index in [1.54, 1.807) is 0 Å². The van der Waals surface area contributed by atoms with E-state index in [9.17, 15) is 4.79 Å². The molecule has 0 amide bonds. The summed E-state index contributed by atoms with van der Waals surface area (Å²) in [4.78, 5) is 16.5. The van der Waals surface area contributed by atoms with Gasteiger partial charge in [-0.25, -0.2) is 4.79 Å². The third-order valence-electron chi connectivity index (χ3n) is 3.59. The van der Waals surface area contributed by atoms with Crippen molar-refractivity contribution in [2.75, 3.05) is 13.7 Å². The monoisotopic (exact) mass is 271 g/mol. The van der Waals surface area contributed by atoms with Crippen LogP contribution in [0.25, 0.3) is 10.9 Å². The normalized spacial score (nSPS) is 14.1. The number of hydrogen-bond donors (Lipinski definition) is 0. The van der Waals surface area contributed by atoms with Crippen molar-refractivity contribution in [1.82, 2.24) is 4.98 Å². The van der Waals surface area contributed by atoms with Crippen molar-refractivity contribution in [2.24, 2.45) is 0 Å². The summed E-state index contributed by atoms with van der Waals surface area (Å²) in [7, 11) is 1.49. The summed E-state index contributed by atoms with van der Waals surface area (Å²) in [6.07, 6.45) is 4.13. The number of ether oxygens (including phenoxy) is 2. The lowest BCUT2D eigenvalue weighted by Crippen LogP contribution is -2.17. The van der Waals surface area contributed by atoms with Crippen LogP contribution >= 0.6 is 0 Å². The topological polar surface area (TPSA) is 48.4 Å². The SMILES string of the molecule is COCC(=O)Oc1c2c(nc3ccccc13)CCCC2. The summed E-state index contributed by atoms with van der Waals surface area (Å²) in [5, 5.41) is 0.901. The number of esters is 1. The molecule has 0 spiro atoms. The molecule has 0 fully saturated rings. The van der Waals surface area contributed by atoms with Crippen molar-refractivity contribution in [1.29, 1.82) is 0 Å². The molecule has 20 heavy (non-hydrogen) atoms. The number of fused-ring (bicyclic) bond motifs is 2. The van der Waals surface area contributed by atoms with E-state index in [-0.39, 0.29) is 12.6 Å². The molecule has 0 atom stereocenters.